The van der Waals surface area contributed by atoms with E-state index in [1.54, 1.807) is 18.2 Å². The molecule has 1 aromatic carbocycles. The van der Waals surface area contributed by atoms with Crippen molar-refractivity contribution in [3.63, 3.8) is 0 Å². The Morgan fingerprint density at radius 1 is 1.04 bits per heavy atom. The lowest BCUT2D eigenvalue weighted by atomic mass is 10.2. The summed E-state index contributed by atoms with van der Waals surface area (Å²) < 4.78 is 27.3. The molecule has 0 atom stereocenters. The minimum Gasteiger partial charge on any atom is -0.378 e. The second kappa shape index (κ2) is 6.68. The van der Waals surface area contributed by atoms with Crippen molar-refractivity contribution in [1.29, 1.82) is 0 Å². The molecule has 3 rings (SSSR count). The van der Waals surface area contributed by atoms with Gasteiger partial charge in [-0.15, -0.1) is 0 Å². The van der Waals surface area contributed by atoms with Crippen LogP contribution in [0.2, 0.25) is 0 Å². The van der Waals surface area contributed by atoms with Crippen LogP contribution >= 0.6 is 0 Å². The van der Waals surface area contributed by atoms with E-state index in [2.05, 4.69) is 44.3 Å². The van der Waals surface area contributed by atoms with Crippen molar-refractivity contribution < 1.29 is 8.42 Å². The fourth-order valence-electron chi connectivity index (χ4n) is 3.20. The zero-order chi connectivity index (χ0) is 18.2. The molecule has 1 aromatic heterocycles. The fraction of sp³-hybridized carbons (Fsp3) is 0.471. The van der Waals surface area contributed by atoms with Gasteiger partial charge in [0.2, 0.25) is 10.0 Å². The minimum atomic E-state index is -3.50. The summed E-state index contributed by atoms with van der Waals surface area (Å²) in [5.74, 6) is 0. The molecule has 2 heterocycles. The molecule has 8 heteroatoms. The van der Waals surface area contributed by atoms with Crippen molar-refractivity contribution in [3.8, 4) is 0 Å². The summed E-state index contributed by atoms with van der Waals surface area (Å²) >= 11 is 0. The molecule has 0 bridgehead atoms. The molecule has 0 radical (unpaired) electrons. The Hall–Kier alpha value is -2.06. The van der Waals surface area contributed by atoms with Crippen molar-refractivity contribution in [2.75, 3.05) is 50.1 Å². The van der Waals surface area contributed by atoms with Gasteiger partial charge in [0.1, 0.15) is 4.90 Å². The van der Waals surface area contributed by atoms with Crippen LogP contribution in [0.15, 0.2) is 29.2 Å². The maximum atomic E-state index is 12.9. The average Bonchev–Trinajstić information content (AvgIpc) is 2.94. The Morgan fingerprint density at radius 3 is 2.12 bits per heavy atom. The SMILES string of the molecule is Cc1n[nH]c(C)c1S(=O)(=O)N1CCN(c2ccc(N(C)C)cc2)CC1. The van der Waals surface area contributed by atoms with Crippen LogP contribution in [-0.4, -0.2) is 63.2 Å². The number of hydrogen-bond donors (Lipinski definition) is 1. The smallest absolute Gasteiger partial charge is 0.246 e. The van der Waals surface area contributed by atoms with Crippen molar-refractivity contribution in [3.05, 3.63) is 35.7 Å². The highest BCUT2D eigenvalue weighted by Crippen LogP contribution is 2.25. The van der Waals surface area contributed by atoms with Gasteiger partial charge in [-0.3, -0.25) is 5.10 Å². The van der Waals surface area contributed by atoms with E-state index in [1.165, 1.54) is 0 Å². The first-order valence-corrected chi connectivity index (χ1v) is 9.79. The molecule has 1 aliphatic heterocycles. The second-order valence-electron chi connectivity index (χ2n) is 6.57. The van der Waals surface area contributed by atoms with E-state index < -0.39 is 10.0 Å². The molecule has 1 saturated heterocycles. The predicted molar refractivity (Wildman–Crippen MR) is 99.8 cm³/mol. The molecule has 0 saturated carbocycles. The first-order chi connectivity index (χ1) is 11.8. The number of benzene rings is 1. The average molecular weight is 363 g/mol. The van der Waals surface area contributed by atoms with Crippen LogP contribution in [0, 0.1) is 13.8 Å². The van der Waals surface area contributed by atoms with Crippen LogP contribution in [-0.2, 0) is 10.0 Å². The maximum absolute atomic E-state index is 12.9. The number of aromatic amines is 1. The summed E-state index contributed by atoms with van der Waals surface area (Å²) in [5, 5.41) is 6.78. The largest absolute Gasteiger partial charge is 0.378 e. The van der Waals surface area contributed by atoms with Gasteiger partial charge in [0.25, 0.3) is 0 Å². The van der Waals surface area contributed by atoms with E-state index in [4.69, 9.17) is 0 Å². The molecule has 2 aromatic rings. The lowest BCUT2D eigenvalue weighted by Gasteiger charge is -2.35. The lowest BCUT2D eigenvalue weighted by molar-refractivity contribution is 0.384. The third-order valence-corrected chi connectivity index (χ3v) is 6.79. The van der Waals surface area contributed by atoms with Crippen LogP contribution in [0.3, 0.4) is 0 Å². The van der Waals surface area contributed by atoms with E-state index in [0.29, 0.717) is 42.5 Å². The third-order valence-electron chi connectivity index (χ3n) is 4.63. The van der Waals surface area contributed by atoms with Gasteiger partial charge in [0.05, 0.1) is 11.4 Å². The van der Waals surface area contributed by atoms with Crippen molar-refractivity contribution >= 4 is 21.4 Å². The monoisotopic (exact) mass is 363 g/mol. The van der Waals surface area contributed by atoms with Crippen molar-refractivity contribution in [1.82, 2.24) is 14.5 Å². The second-order valence-corrected chi connectivity index (χ2v) is 8.44. The summed E-state index contributed by atoms with van der Waals surface area (Å²) in [6.07, 6.45) is 0. The molecular weight excluding hydrogens is 338 g/mol. The predicted octanol–water partition coefficient (Wildman–Crippen LogP) is 1.60. The molecule has 136 valence electrons. The number of sulfonamides is 1. The highest BCUT2D eigenvalue weighted by atomic mass is 32.2. The number of anilines is 2. The van der Waals surface area contributed by atoms with Crippen LogP contribution in [0.1, 0.15) is 11.4 Å². The normalized spacial score (nSPS) is 16.2. The van der Waals surface area contributed by atoms with Crippen molar-refractivity contribution in [2.24, 2.45) is 0 Å². The van der Waals surface area contributed by atoms with E-state index in [0.717, 1.165) is 11.4 Å². The first kappa shape index (κ1) is 17.8. The van der Waals surface area contributed by atoms with Crippen LogP contribution < -0.4 is 9.80 Å². The summed E-state index contributed by atoms with van der Waals surface area (Å²) in [4.78, 5) is 4.60. The van der Waals surface area contributed by atoms with Gasteiger partial charge in [0.15, 0.2) is 0 Å². The summed E-state index contributed by atoms with van der Waals surface area (Å²) in [7, 11) is 0.527. The number of piperazine rings is 1. The Balaban J connectivity index is 1.71. The number of H-pyrrole nitrogens is 1. The molecule has 1 N–H and O–H groups in total. The molecule has 0 aliphatic carbocycles. The number of rotatable bonds is 4. The van der Waals surface area contributed by atoms with Gasteiger partial charge in [-0.1, -0.05) is 0 Å². The summed E-state index contributed by atoms with van der Waals surface area (Å²) in [5.41, 5.74) is 3.40. The highest BCUT2D eigenvalue weighted by molar-refractivity contribution is 7.89. The molecule has 0 amide bonds. The van der Waals surface area contributed by atoms with Gasteiger partial charge < -0.3 is 9.80 Å². The van der Waals surface area contributed by atoms with Gasteiger partial charge in [0, 0.05) is 51.6 Å². The van der Waals surface area contributed by atoms with Gasteiger partial charge >= 0.3 is 0 Å². The number of nitrogens with zero attached hydrogens (tertiary/aromatic N) is 4. The van der Waals surface area contributed by atoms with Gasteiger partial charge in [-0.25, -0.2) is 8.42 Å². The maximum Gasteiger partial charge on any atom is 0.246 e. The van der Waals surface area contributed by atoms with E-state index in [1.807, 2.05) is 14.1 Å². The number of hydrogen-bond acceptors (Lipinski definition) is 5. The number of nitrogens with one attached hydrogen (secondary N) is 1. The Bertz CT molecular complexity index is 815. The lowest BCUT2D eigenvalue weighted by Crippen LogP contribution is -2.48. The highest BCUT2D eigenvalue weighted by Gasteiger charge is 2.32. The summed E-state index contributed by atoms with van der Waals surface area (Å²) in [6, 6.07) is 8.33. The zero-order valence-electron chi connectivity index (χ0n) is 15.2. The fourth-order valence-corrected chi connectivity index (χ4v) is 4.95. The minimum absolute atomic E-state index is 0.316. The van der Waals surface area contributed by atoms with E-state index in [-0.39, 0.29) is 0 Å². The molecule has 1 fully saturated rings. The first-order valence-electron chi connectivity index (χ1n) is 8.35. The quantitative estimate of drug-likeness (QED) is 0.893. The Labute approximate surface area is 149 Å². The number of aryl methyl sites for hydroxylation is 2. The standard InChI is InChI=1S/C17H25N5O2S/c1-13-17(14(2)19-18-13)25(23,24)22-11-9-21(10-12-22)16-7-5-15(6-8-16)20(3)4/h5-8H,9-12H2,1-4H3,(H,18,19). The third kappa shape index (κ3) is 3.36. The van der Waals surface area contributed by atoms with Crippen LogP contribution in [0.4, 0.5) is 11.4 Å². The molecule has 0 spiro atoms. The zero-order valence-corrected chi connectivity index (χ0v) is 16.0. The number of aromatic nitrogens is 2. The van der Waals surface area contributed by atoms with Gasteiger partial charge in [-0.2, -0.15) is 9.40 Å². The van der Waals surface area contributed by atoms with Gasteiger partial charge in [-0.05, 0) is 38.1 Å². The Morgan fingerprint density at radius 2 is 1.64 bits per heavy atom. The summed E-state index contributed by atoms with van der Waals surface area (Å²) in [6.45, 7) is 5.77. The molecular formula is C17H25N5O2S. The topological polar surface area (TPSA) is 72.5 Å². The molecule has 25 heavy (non-hydrogen) atoms. The van der Waals surface area contributed by atoms with Crippen LogP contribution in [0.25, 0.3) is 0 Å². The molecule has 1 aliphatic rings. The van der Waals surface area contributed by atoms with E-state index >= 15 is 0 Å². The molecule has 0 unspecified atom stereocenters. The van der Waals surface area contributed by atoms with E-state index in [9.17, 15) is 8.42 Å². The van der Waals surface area contributed by atoms with Crippen molar-refractivity contribution in [2.45, 2.75) is 18.7 Å². The van der Waals surface area contributed by atoms with Crippen LogP contribution in [0.5, 0.6) is 0 Å². The molecule has 7 nitrogen and oxygen atoms in total. The Kier molecular flexibility index (Phi) is 4.75.